The summed E-state index contributed by atoms with van der Waals surface area (Å²) >= 11 is 12.1. The van der Waals surface area contributed by atoms with Gasteiger partial charge in [0.25, 0.3) is 0 Å². The van der Waals surface area contributed by atoms with Crippen LogP contribution in [0.2, 0.25) is 0 Å². The van der Waals surface area contributed by atoms with Gasteiger partial charge in [-0.1, -0.05) is 18.6 Å². The molecule has 0 aliphatic heterocycles. The molecular formula is C9H12Cl2. The van der Waals surface area contributed by atoms with Gasteiger partial charge in [-0.05, 0) is 19.3 Å². The molecule has 2 rings (SSSR count). The highest BCUT2D eigenvalue weighted by molar-refractivity contribution is 6.51. The van der Waals surface area contributed by atoms with Crippen LogP contribution in [0.5, 0.6) is 0 Å². The number of halogens is 2. The normalized spacial score (nSPS) is 40.5. The zero-order valence-corrected chi connectivity index (χ0v) is 7.91. The van der Waals surface area contributed by atoms with Crippen LogP contribution in [-0.2, 0) is 0 Å². The summed E-state index contributed by atoms with van der Waals surface area (Å²) in [6.07, 6.45) is 9.42. The van der Waals surface area contributed by atoms with E-state index in [1.165, 1.54) is 25.7 Å². The van der Waals surface area contributed by atoms with Crippen molar-refractivity contribution in [1.82, 2.24) is 0 Å². The molecule has 0 aromatic rings. The van der Waals surface area contributed by atoms with E-state index in [9.17, 15) is 0 Å². The van der Waals surface area contributed by atoms with Crippen LogP contribution >= 0.6 is 23.2 Å². The van der Waals surface area contributed by atoms with Gasteiger partial charge in [-0.3, -0.25) is 0 Å². The molecule has 2 aliphatic rings. The van der Waals surface area contributed by atoms with Crippen LogP contribution in [0.1, 0.15) is 25.7 Å². The highest BCUT2D eigenvalue weighted by atomic mass is 35.5. The molecule has 1 fully saturated rings. The van der Waals surface area contributed by atoms with Crippen molar-refractivity contribution in [3.8, 4) is 0 Å². The van der Waals surface area contributed by atoms with Crippen molar-refractivity contribution in [1.29, 1.82) is 0 Å². The fourth-order valence-electron chi connectivity index (χ4n) is 1.92. The summed E-state index contributed by atoms with van der Waals surface area (Å²) in [5, 5.41) is 0. The Morgan fingerprint density at radius 3 is 2.91 bits per heavy atom. The van der Waals surface area contributed by atoms with Crippen LogP contribution in [0, 0.1) is 11.8 Å². The van der Waals surface area contributed by atoms with Gasteiger partial charge in [0.15, 0.2) is 0 Å². The van der Waals surface area contributed by atoms with Gasteiger partial charge in [0.05, 0.1) is 0 Å². The Balaban J connectivity index is 2.07. The number of hydrogen-bond donors (Lipinski definition) is 0. The van der Waals surface area contributed by atoms with Crippen molar-refractivity contribution in [2.24, 2.45) is 11.8 Å². The Morgan fingerprint density at radius 2 is 2.09 bits per heavy atom. The van der Waals surface area contributed by atoms with Gasteiger partial charge in [-0.25, -0.2) is 0 Å². The van der Waals surface area contributed by atoms with Crippen molar-refractivity contribution < 1.29 is 0 Å². The second-order valence-electron chi connectivity index (χ2n) is 3.52. The molecule has 0 amide bonds. The molecular weight excluding hydrogens is 179 g/mol. The van der Waals surface area contributed by atoms with Crippen LogP contribution in [0.15, 0.2) is 12.2 Å². The maximum Gasteiger partial charge on any atom is 0.128 e. The first-order chi connectivity index (χ1) is 5.23. The van der Waals surface area contributed by atoms with E-state index in [-0.39, 0.29) is 0 Å². The minimum atomic E-state index is -0.416. The number of alkyl halides is 2. The van der Waals surface area contributed by atoms with E-state index in [2.05, 4.69) is 12.2 Å². The van der Waals surface area contributed by atoms with Crippen molar-refractivity contribution in [3.05, 3.63) is 12.2 Å². The number of rotatable bonds is 0. The minimum absolute atomic E-state index is 0.416. The highest BCUT2D eigenvalue weighted by Crippen LogP contribution is 2.62. The van der Waals surface area contributed by atoms with Crippen LogP contribution in [0.3, 0.4) is 0 Å². The lowest BCUT2D eigenvalue weighted by atomic mass is 10.1. The van der Waals surface area contributed by atoms with Crippen molar-refractivity contribution in [3.63, 3.8) is 0 Å². The zero-order valence-electron chi connectivity index (χ0n) is 6.39. The van der Waals surface area contributed by atoms with Gasteiger partial charge in [0, 0.05) is 11.8 Å². The molecule has 2 heteroatoms. The lowest BCUT2D eigenvalue weighted by molar-refractivity contribution is 0.603. The quantitative estimate of drug-likeness (QED) is 0.405. The molecule has 1 saturated carbocycles. The average molecular weight is 191 g/mol. The fraction of sp³-hybridized carbons (Fsp3) is 0.778. The SMILES string of the molecule is ClC1(Cl)[C@H]2C=CCCCC[C@@H]21. The minimum Gasteiger partial charge on any atom is -0.101 e. The summed E-state index contributed by atoms with van der Waals surface area (Å²) in [7, 11) is 0. The Kier molecular flexibility index (Phi) is 1.93. The van der Waals surface area contributed by atoms with Crippen LogP contribution in [-0.4, -0.2) is 4.33 Å². The van der Waals surface area contributed by atoms with Gasteiger partial charge in [-0.2, -0.15) is 0 Å². The first kappa shape index (κ1) is 7.94. The summed E-state index contributed by atoms with van der Waals surface area (Å²) in [5.74, 6) is 0.994. The van der Waals surface area contributed by atoms with E-state index < -0.39 is 4.33 Å². The van der Waals surface area contributed by atoms with E-state index in [0.717, 1.165) is 0 Å². The Bertz CT molecular complexity index is 184. The smallest absolute Gasteiger partial charge is 0.101 e. The first-order valence-electron chi connectivity index (χ1n) is 4.27. The van der Waals surface area contributed by atoms with Crippen LogP contribution in [0.4, 0.5) is 0 Å². The van der Waals surface area contributed by atoms with Crippen molar-refractivity contribution in [2.75, 3.05) is 0 Å². The third-order valence-corrected chi connectivity index (χ3v) is 3.81. The van der Waals surface area contributed by atoms with Crippen LogP contribution in [0.25, 0.3) is 0 Å². The molecule has 0 nitrogen and oxygen atoms in total. The Hall–Kier alpha value is 0.320. The molecule has 11 heavy (non-hydrogen) atoms. The molecule has 0 radical (unpaired) electrons. The van der Waals surface area contributed by atoms with E-state index in [1.807, 2.05) is 0 Å². The predicted octanol–water partition coefficient (Wildman–Crippen LogP) is 3.54. The second-order valence-corrected chi connectivity index (χ2v) is 4.96. The Morgan fingerprint density at radius 1 is 1.27 bits per heavy atom. The zero-order chi connectivity index (χ0) is 7.90. The fourth-order valence-corrected chi connectivity index (χ4v) is 2.73. The molecule has 0 saturated heterocycles. The van der Waals surface area contributed by atoms with Gasteiger partial charge in [0.1, 0.15) is 4.33 Å². The molecule has 0 aromatic carbocycles. The number of hydrogen-bond acceptors (Lipinski definition) is 0. The molecule has 0 N–H and O–H groups in total. The maximum absolute atomic E-state index is 6.07. The van der Waals surface area contributed by atoms with Crippen LogP contribution < -0.4 is 0 Å². The van der Waals surface area contributed by atoms with E-state index in [4.69, 9.17) is 23.2 Å². The summed E-state index contributed by atoms with van der Waals surface area (Å²) in [6.45, 7) is 0. The summed E-state index contributed by atoms with van der Waals surface area (Å²) in [6, 6.07) is 0. The Labute approximate surface area is 77.6 Å². The molecule has 0 bridgehead atoms. The standard InChI is InChI=1S/C9H12Cl2/c10-9(11)7-5-3-1-2-4-6-8(7)9/h3,5,7-8H,1-2,4,6H2/t7-,8-/m0/s1. The highest BCUT2D eigenvalue weighted by Gasteiger charge is 2.60. The largest absolute Gasteiger partial charge is 0.128 e. The van der Waals surface area contributed by atoms with Crippen molar-refractivity contribution >= 4 is 23.2 Å². The maximum atomic E-state index is 6.07. The number of allylic oxidation sites excluding steroid dienone is 2. The average Bonchev–Trinajstić information content (AvgIpc) is 2.29. The topological polar surface area (TPSA) is 0 Å². The molecule has 0 aromatic heterocycles. The van der Waals surface area contributed by atoms with Gasteiger partial charge in [0.2, 0.25) is 0 Å². The third-order valence-electron chi connectivity index (χ3n) is 2.74. The molecule has 62 valence electrons. The lowest BCUT2D eigenvalue weighted by Crippen LogP contribution is -1.89. The molecule has 0 unspecified atom stereocenters. The molecule has 2 aliphatic carbocycles. The lowest BCUT2D eigenvalue weighted by Gasteiger charge is -1.99. The summed E-state index contributed by atoms with van der Waals surface area (Å²) < 4.78 is -0.416. The second kappa shape index (κ2) is 2.67. The number of fused-ring (bicyclic) bond motifs is 1. The predicted molar refractivity (Wildman–Crippen MR) is 49.0 cm³/mol. The molecule has 0 spiro atoms. The van der Waals surface area contributed by atoms with E-state index >= 15 is 0 Å². The van der Waals surface area contributed by atoms with Gasteiger partial charge in [-0.15, -0.1) is 23.2 Å². The molecule has 0 heterocycles. The third kappa shape index (κ3) is 1.31. The van der Waals surface area contributed by atoms with Gasteiger partial charge >= 0.3 is 0 Å². The van der Waals surface area contributed by atoms with E-state index in [0.29, 0.717) is 11.8 Å². The van der Waals surface area contributed by atoms with Crippen molar-refractivity contribution in [2.45, 2.75) is 30.0 Å². The summed E-state index contributed by atoms with van der Waals surface area (Å²) in [4.78, 5) is 0. The van der Waals surface area contributed by atoms with E-state index in [1.54, 1.807) is 0 Å². The molecule has 2 atom stereocenters. The first-order valence-corrected chi connectivity index (χ1v) is 5.03. The monoisotopic (exact) mass is 190 g/mol. The van der Waals surface area contributed by atoms with Gasteiger partial charge < -0.3 is 0 Å². The summed E-state index contributed by atoms with van der Waals surface area (Å²) in [5.41, 5.74) is 0.